The molecule has 6 nitrogen and oxygen atoms in total. The zero-order chi connectivity index (χ0) is 13.5. The van der Waals surface area contributed by atoms with E-state index in [0.717, 1.165) is 5.56 Å². The van der Waals surface area contributed by atoms with E-state index >= 15 is 0 Å². The number of ether oxygens (including phenoxy) is 2. The number of rotatable bonds is 5. The highest BCUT2D eigenvalue weighted by molar-refractivity contribution is 6.32. The van der Waals surface area contributed by atoms with Crippen molar-refractivity contribution in [3.05, 3.63) is 39.2 Å². The molecule has 0 spiro atoms. The molecule has 0 aliphatic heterocycles. The molecule has 0 bridgehead atoms. The van der Waals surface area contributed by atoms with E-state index in [1.54, 1.807) is 18.2 Å². The summed E-state index contributed by atoms with van der Waals surface area (Å²) in [5.74, 6) is -0.0430. The van der Waals surface area contributed by atoms with Gasteiger partial charge in [0, 0.05) is 4.91 Å². The van der Waals surface area contributed by atoms with Crippen molar-refractivity contribution in [2.45, 2.75) is 12.5 Å². The molecule has 1 rings (SSSR count). The third-order valence-electron chi connectivity index (χ3n) is 2.31. The quantitative estimate of drug-likeness (QED) is 0.356. The van der Waals surface area contributed by atoms with Crippen molar-refractivity contribution in [1.82, 2.24) is 0 Å². The molecule has 0 heterocycles. The highest BCUT2D eigenvalue weighted by atomic mass is 35.5. The molecule has 0 fully saturated rings. The van der Waals surface area contributed by atoms with Crippen LogP contribution in [0.5, 0.6) is 5.75 Å². The first-order chi connectivity index (χ1) is 8.62. The van der Waals surface area contributed by atoms with Crippen molar-refractivity contribution in [2.24, 2.45) is 5.11 Å². The summed E-state index contributed by atoms with van der Waals surface area (Å²) in [6.07, 6.45) is 0.223. The van der Waals surface area contributed by atoms with Crippen molar-refractivity contribution >= 4 is 17.6 Å². The van der Waals surface area contributed by atoms with Gasteiger partial charge in [-0.3, -0.25) is 4.79 Å². The Morgan fingerprint density at radius 1 is 1.56 bits per heavy atom. The van der Waals surface area contributed by atoms with Crippen LogP contribution >= 0.6 is 11.6 Å². The summed E-state index contributed by atoms with van der Waals surface area (Å²) in [4.78, 5) is 14.0. The van der Waals surface area contributed by atoms with Gasteiger partial charge >= 0.3 is 5.97 Å². The number of esters is 1. The van der Waals surface area contributed by atoms with Gasteiger partial charge in [0.15, 0.2) is 0 Å². The SMILES string of the molecule is COC(=O)[C@H](Cc1ccc(OC)c(Cl)c1)N=[N+]=[N-]. The van der Waals surface area contributed by atoms with Gasteiger partial charge in [0.25, 0.3) is 0 Å². The number of hydrogen-bond acceptors (Lipinski definition) is 4. The predicted molar refractivity (Wildman–Crippen MR) is 66.7 cm³/mol. The number of nitrogens with zero attached hydrogens (tertiary/aromatic N) is 3. The lowest BCUT2D eigenvalue weighted by atomic mass is 10.1. The molecule has 0 aliphatic rings. The zero-order valence-electron chi connectivity index (χ0n) is 9.96. The molecule has 96 valence electrons. The molecule has 0 aliphatic carbocycles. The predicted octanol–water partition coefficient (Wildman–Crippen LogP) is 2.74. The summed E-state index contributed by atoms with van der Waals surface area (Å²) >= 11 is 5.96. The van der Waals surface area contributed by atoms with Gasteiger partial charge in [0.1, 0.15) is 11.8 Å². The van der Waals surface area contributed by atoms with E-state index in [4.69, 9.17) is 21.9 Å². The molecule has 18 heavy (non-hydrogen) atoms. The molecule has 1 aromatic carbocycles. The van der Waals surface area contributed by atoms with E-state index < -0.39 is 12.0 Å². The average Bonchev–Trinajstić information content (AvgIpc) is 2.37. The largest absolute Gasteiger partial charge is 0.495 e. The second kappa shape index (κ2) is 6.74. The Labute approximate surface area is 109 Å². The smallest absolute Gasteiger partial charge is 0.314 e. The van der Waals surface area contributed by atoms with Crippen LogP contribution < -0.4 is 4.74 Å². The number of benzene rings is 1. The minimum Gasteiger partial charge on any atom is -0.495 e. The molecule has 0 saturated heterocycles. The lowest BCUT2D eigenvalue weighted by Crippen LogP contribution is -2.22. The summed E-state index contributed by atoms with van der Waals surface area (Å²) in [5, 5.41) is 3.82. The Kier molecular flexibility index (Phi) is 5.30. The van der Waals surface area contributed by atoms with Crippen LogP contribution in [0.1, 0.15) is 5.56 Å². The fourth-order valence-electron chi connectivity index (χ4n) is 1.43. The first-order valence-corrected chi connectivity index (χ1v) is 5.44. The van der Waals surface area contributed by atoms with Gasteiger partial charge < -0.3 is 9.47 Å². The molecule has 1 atom stereocenters. The third-order valence-corrected chi connectivity index (χ3v) is 2.60. The lowest BCUT2D eigenvalue weighted by Gasteiger charge is -2.10. The molecular weight excluding hydrogens is 258 g/mol. The standard InChI is InChI=1S/C11H12ClN3O3/c1-17-10-4-3-7(5-8(10)12)6-9(14-15-13)11(16)18-2/h3-5,9H,6H2,1-2H3/t9-/m0/s1. The fraction of sp³-hybridized carbons (Fsp3) is 0.364. The van der Waals surface area contributed by atoms with Crippen LogP contribution in [0.25, 0.3) is 10.4 Å². The summed E-state index contributed by atoms with van der Waals surface area (Å²) < 4.78 is 9.57. The molecule has 0 radical (unpaired) electrons. The third kappa shape index (κ3) is 3.55. The molecule has 0 aromatic heterocycles. The monoisotopic (exact) mass is 269 g/mol. The maximum Gasteiger partial charge on any atom is 0.314 e. The molecule has 0 amide bonds. The maximum absolute atomic E-state index is 11.4. The number of carbonyl (C=O) groups is 1. The van der Waals surface area contributed by atoms with Crippen molar-refractivity contribution < 1.29 is 14.3 Å². The Hall–Kier alpha value is -1.91. The minimum absolute atomic E-state index is 0.223. The first kappa shape index (κ1) is 14.2. The zero-order valence-corrected chi connectivity index (χ0v) is 10.7. The van der Waals surface area contributed by atoms with Crippen LogP contribution in [0.2, 0.25) is 5.02 Å². The van der Waals surface area contributed by atoms with Crippen molar-refractivity contribution in [1.29, 1.82) is 0 Å². The van der Waals surface area contributed by atoms with Crippen LogP contribution in [-0.4, -0.2) is 26.2 Å². The highest BCUT2D eigenvalue weighted by Crippen LogP contribution is 2.25. The first-order valence-electron chi connectivity index (χ1n) is 5.06. The van der Waals surface area contributed by atoms with E-state index in [9.17, 15) is 4.79 Å². The highest BCUT2D eigenvalue weighted by Gasteiger charge is 2.18. The Morgan fingerprint density at radius 3 is 2.78 bits per heavy atom. The van der Waals surface area contributed by atoms with E-state index in [2.05, 4.69) is 14.8 Å². The molecular formula is C11H12ClN3O3. The van der Waals surface area contributed by atoms with Crippen molar-refractivity contribution in [3.63, 3.8) is 0 Å². The van der Waals surface area contributed by atoms with Gasteiger partial charge in [0.2, 0.25) is 0 Å². The molecule has 7 heteroatoms. The number of carbonyl (C=O) groups excluding carboxylic acids is 1. The van der Waals surface area contributed by atoms with Gasteiger partial charge in [-0.25, -0.2) is 0 Å². The van der Waals surface area contributed by atoms with Crippen molar-refractivity contribution in [3.8, 4) is 5.75 Å². The van der Waals surface area contributed by atoms with Crippen LogP contribution in [0, 0.1) is 0 Å². The van der Waals surface area contributed by atoms with Crippen LogP contribution in [0.3, 0.4) is 0 Å². The number of methoxy groups -OCH3 is 2. The summed E-state index contributed by atoms with van der Waals surface area (Å²) in [6.45, 7) is 0. The van der Waals surface area contributed by atoms with Gasteiger partial charge in [-0.1, -0.05) is 22.8 Å². The topological polar surface area (TPSA) is 84.3 Å². The van der Waals surface area contributed by atoms with Gasteiger partial charge in [0.05, 0.1) is 19.2 Å². The Balaban J connectivity index is 2.90. The summed E-state index contributed by atoms with van der Waals surface area (Å²) in [6, 6.07) is 4.18. The molecule has 0 N–H and O–H groups in total. The fourth-order valence-corrected chi connectivity index (χ4v) is 1.71. The Morgan fingerprint density at radius 2 is 2.28 bits per heavy atom. The number of halogens is 1. The average molecular weight is 270 g/mol. The minimum atomic E-state index is -0.899. The van der Waals surface area contributed by atoms with Crippen molar-refractivity contribution in [2.75, 3.05) is 14.2 Å². The molecule has 0 unspecified atom stereocenters. The van der Waals surface area contributed by atoms with Crippen LogP contribution in [0.4, 0.5) is 0 Å². The van der Waals surface area contributed by atoms with E-state index in [-0.39, 0.29) is 6.42 Å². The van der Waals surface area contributed by atoms with E-state index in [1.165, 1.54) is 14.2 Å². The van der Waals surface area contributed by atoms with Crippen LogP contribution in [0.15, 0.2) is 23.3 Å². The summed E-state index contributed by atoms with van der Waals surface area (Å²) in [5.41, 5.74) is 9.15. The van der Waals surface area contributed by atoms with Gasteiger partial charge in [-0.05, 0) is 29.6 Å². The van der Waals surface area contributed by atoms with Gasteiger partial charge in [-0.15, -0.1) is 0 Å². The molecule has 0 saturated carbocycles. The Bertz CT molecular complexity index is 486. The van der Waals surface area contributed by atoms with Gasteiger partial charge in [-0.2, -0.15) is 0 Å². The van der Waals surface area contributed by atoms with E-state index in [0.29, 0.717) is 10.8 Å². The second-order valence-electron chi connectivity index (χ2n) is 3.42. The van der Waals surface area contributed by atoms with Crippen LogP contribution in [-0.2, 0) is 16.0 Å². The summed E-state index contributed by atoms with van der Waals surface area (Å²) in [7, 11) is 2.75. The normalized spacial score (nSPS) is 11.3. The molecule has 1 aromatic rings. The second-order valence-corrected chi connectivity index (χ2v) is 3.82. The number of hydrogen-bond donors (Lipinski definition) is 0. The lowest BCUT2D eigenvalue weighted by molar-refractivity contribution is -0.142. The number of azide groups is 1. The van der Waals surface area contributed by atoms with E-state index in [1.807, 2.05) is 0 Å². The maximum atomic E-state index is 11.4.